The fraction of sp³-hybridized carbons (Fsp3) is 0.292. The normalized spacial score (nSPS) is 19.1. The first-order valence-corrected chi connectivity index (χ1v) is 11.0. The second-order valence-electron chi connectivity index (χ2n) is 8.11. The van der Waals surface area contributed by atoms with Crippen molar-refractivity contribution in [2.24, 2.45) is 4.99 Å². The maximum absolute atomic E-state index is 13.1. The third-order valence-electron chi connectivity index (χ3n) is 5.85. The number of aromatic nitrogens is 2. The number of nitrogens with zero attached hydrogens (tertiary/aromatic N) is 2. The van der Waals surface area contributed by atoms with Crippen LogP contribution >= 0.6 is 11.6 Å². The Kier molecular flexibility index (Phi) is 6.58. The van der Waals surface area contributed by atoms with Gasteiger partial charge in [-0.05, 0) is 37.1 Å². The average Bonchev–Trinajstić information content (AvgIpc) is 2.77. The molecule has 0 atom stereocenters. The number of quaternary nitrogens is 1. The quantitative estimate of drug-likeness (QED) is 0.571. The highest BCUT2D eigenvalue weighted by Gasteiger charge is 2.22. The topological polar surface area (TPSA) is 94.7 Å². The summed E-state index contributed by atoms with van der Waals surface area (Å²) < 4.78 is 0.943. The number of likely N-dealkylation sites (tertiary alicyclic amines) is 1. The standard InChI is InChI=1S/C24H25ClN4O3/c1-16(26-19-11-13-28(14-12-19)15-17-5-3-2-4-6-17)21-22(30)27-24(32)29(23(21)31)20-9-7-18(25)8-10-20/h2-10,19,31H,11-15H2,1H3,(H,27,30,32). The second kappa shape index (κ2) is 9.54. The SMILES string of the molecule is CC(=NC1CC[NH+](Cc2ccccc2)CC1)c1c([O-])n(-c2ccc(Cl)cc2)c(=O)[nH]c1=O. The van der Waals surface area contributed by atoms with Crippen LogP contribution in [-0.4, -0.2) is 34.4 Å². The van der Waals surface area contributed by atoms with Gasteiger partial charge in [-0.2, -0.15) is 0 Å². The summed E-state index contributed by atoms with van der Waals surface area (Å²) in [6.07, 6.45) is 1.75. The maximum Gasteiger partial charge on any atom is 0.332 e. The van der Waals surface area contributed by atoms with E-state index in [-0.39, 0.29) is 11.6 Å². The fourth-order valence-corrected chi connectivity index (χ4v) is 4.33. The third kappa shape index (κ3) is 4.84. The molecular weight excluding hydrogens is 428 g/mol. The monoisotopic (exact) mass is 452 g/mol. The van der Waals surface area contributed by atoms with E-state index in [1.807, 2.05) is 6.07 Å². The molecule has 0 spiro atoms. The molecular formula is C24H25ClN4O3. The molecule has 2 aromatic carbocycles. The first kappa shape index (κ1) is 22.0. The molecule has 0 radical (unpaired) electrons. The van der Waals surface area contributed by atoms with Crippen LogP contribution in [0.5, 0.6) is 5.88 Å². The molecule has 1 saturated heterocycles. The molecule has 0 amide bonds. The van der Waals surface area contributed by atoms with Gasteiger partial charge in [-0.15, -0.1) is 0 Å². The van der Waals surface area contributed by atoms with Gasteiger partial charge in [0.05, 0.1) is 24.7 Å². The summed E-state index contributed by atoms with van der Waals surface area (Å²) in [6, 6.07) is 16.7. The van der Waals surface area contributed by atoms with E-state index >= 15 is 0 Å². The summed E-state index contributed by atoms with van der Waals surface area (Å²) in [5.41, 5.74) is 0.421. The van der Waals surface area contributed by atoms with Crippen molar-refractivity contribution in [3.05, 3.63) is 91.6 Å². The van der Waals surface area contributed by atoms with E-state index in [1.165, 1.54) is 10.5 Å². The molecule has 1 fully saturated rings. The zero-order chi connectivity index (χ0) is 22.7. The van der Waals surface area contributed by atoms with Crippen molar-refractivity contribution in [1.82, 2.24) is 9.55 Å². The maximum atomic E-state index is 13.1. The van der Waals surface area contributed by atoms with Crippen molar-refractivity contribution < 1.29 is 10.0 Å². The van der Waals surface area contributed by atoms with Gasteiger partial charge < -0.3 is 10.0 Å². The molecule has 4 rings (SSSR count). The van der Waals surface area contributed by atoms with Crippen molar-refractivity contribution in [3.8, 4) is 11.6 Å². The van der Waals surface area contributed by atoms with E-state index in [1.54, 1.807) is 31.2 Å². The van der Waals surface area contributed by atoms with Crippen molar-refractivity contribution in [2.75, 3.05) is 13.1 Å². The number of piperidine rings is 1. The van der Waals surface area contributed by atoms with Crippen LogP contribution in [0.3, 0.4) is 0 Å². The highest BCUT2D eigenvalue weighted by Crippen LogP contribution is 2.18. The summed E-state index contributed by atoms with van der Waals surface area (Å²) in [4.78, 5) is 33.2. The first-order valence-electron chi connectivity index (χ1n) is 10.7. The van der Waals surface area contributed by atoms with Crippen LogP contribution in [0.25, 0.3) is 5.69 Å². The summed E-state index contributed by atoms with van der Waals surface area (Å²) >= 11 is 5.91. The smallest absolute Gasteiger partial charge is 0.332 e. The third-order valence-corrected chi connectivity index (χ3v) is 6.10. The number of hydrogen-bond donors (Lipinski definition) is 2. The lowest BCUT2D eigenvalue weighted by Gasteiger charge is -2.28. The first-order chi connectivity index (χ1) is 15.4. The lowest BCUT2D eigenvalue weighted by atomic mass is 10.0. The predicted molar refractivity (Wildman–Crippen MR) is 123 cm³/mol. The molecule has 0 aliphatic carbocycles. The molecule has 1 aliphatic heterocycles. The molecule has 1 aromatic heterocycles. The van der Waals surface area contributed by atoms with Crippen LogP contribution in [0.4, 0.5) is 0 Å². The lowest BCUT2D eigenvalue weighted by Crippen LogP contribution is -3.12. The van der Waals surface area contributed by atoms with E-state index in [0.717, 1.165) is 37.0 Å². The van der Waals surface area contributed by atoms with Gasteiger partial charge in [-0.25, -0.2) is 4.79 Å². The van der Waals surface area contributed by atoms with Gasteiger partial charge in [-0.3, -0.25) is 19.3 Å². The van der Waals surface area contributed by atoms with Gasteiger partial charge in [0.1, 0.15) is 6.54 Å². The number of aromatic amines is 1. The zero-order valence-corrected chi connectivity index (χ0v) is 18.6. The molecule has 166 valence electrons. The summed E-state index contributed by atoms with van der Waals surface area (Å²) in [6.45, 7) is 4.58. The van der Waals surface area contributed by atoms with Crippen LogP contribution in [-0.2, 0) is 6.54 Å². The van der Waals surface area contributed by atoms with Gasteiger partial charge in [-0.1, -0.05) is 41.9 Å². The molecule has 2 heterocycles. The van der Waals surface area contributed by atoms with Gasteiger partial charge in [0, 0.05) is 34.8 Å². The summed E-state index contributed by atoms with van der Waals surface area (Å²) in [7, 11) is 0. The minimum atomic E-state index is -0.781. The Morgan fingerprint density at radius 3 is 2.44 bits per heavy atom. The Labute approximate surface area is 190 Å². The highest BCUT2D eigenvalue weighted by molar-refractivity contribution is 6.30. The van der Waals surface area contributed by atoms with Gasteiger partial charge >= 0.3 is 5.69 Å². The summed E-state index contributed by atoms with van der Waals surface area (Å²) in [5, 5.41) is 13.5. The number of H-pyrrole nitrogens is 1. The Hall–Kier alpha value is -3.16. The molecule has 1 aliphatic rings. The Balaban J connectivity index is 1.54. The predicted octanol–water partition coefficient (Wildman–Crippen LogP) is 1.31. The van der Waals surface area contributed by atoms with Crippen LogP contribution < -0.4 is 21.3 Å². The van der Waals surface area contributed by atoms with Gasteiger partial charge in [0.2, 0.25) is 0 Å². The van der Waals surface area contributed by atoms with Crippen LogP contribution in [0.2, 0.25) is 5.02 Å². The van der Waals surface area contributed by atoms with Crippen molar-refractivity contribution >= 4 is 17.3 Å². The van der Waals surface area contributed by atoms with E-state index in [4.69, 9.17) is 16.6 Å². The molecule has 7 nitrogen and oxygen atoms in total. The largest absolute Gasteiger partial charge is 0.859 e. The second-order valence-corrected chi connectivity index (χ2v) is 8.55. The molecule has 3 aromatic rings. The van der Waals surface area contributed by atoms with Crippen molar-refractivity contribution in [3.63, 3.8) is 0 Å². The minimum Gasteiger partial charge on any atom is -0.859 e. The van der Waals surface area contributed by atoms with E-state index < -0.39 is 17.1 Å². The molecule has 0 saturated carbocycles. The van der Waals surface area contributed by atoms with Crippen LogP contribution in [0.15, 0.2) is 69.2 Å². The van der Waals surface area contributed by atoms with E-state index in [0.29, 0.717) is 16.4 Å². The molecule has 8 heteroatoms. The lowest BCUT2D eigenvalue weighted by molar-refractivity contribution is -0.918. The van der Waals surface area contributed by atoms with Gasteiger partial charge in [0.15, 0.2) is 0 Å². The number of aliphatic imine (C=N–C) groups is 1. The molecule has 0 bridgehead atoms. The Morgan fingerprint density at radius 2 is 1.78 bits per heavy atom. The fourth-order valence-electron chi connectivity index (χ4n) is 4.20. The number of benzene rings is 2. The number of hydrogen-bond acceptors (Lipinski definition) is 4. The van der Waals surface area contributed by atoms with E-state index in [9.17, 15) is 14.7 Å². The molecule has 32 heavy (non-hydrogen) atoms. The van der Waals surface area contributed by atoms with Crippen LogP contribution in [0.1, 0.15) is 30.9 Å². The highest BCUT2D eigenvalue weighted by atomic mass is 35.5. The zero-order valence-electron chi connectivity index (χ0n) is 17.8. The number of halogens is 1. The molecule has 0 unspecified atom stereocenters. The average molecular weight is 453 g/mol. The number of nitrogens with one attached hydrogen (secondary N) is 2. The molecule has 2 N–H and O–H groups in total. The van der Waals surface area contributed by atoms with E-state index in [2.05, 4.69) is 29.2 Å². The van der Waals surface area contributed by atoms with Crippen molar-refractivity contribution in [1.29, 1.82) is 0 Å². The Bertz CT molecular complexity index is 1220. The van der Waals surface area contributed by atoms with Crippen LogP contribution in [0, 0.1) is 0 Å². The Morgan fingerprint density at radius 1 is 1.12 bits per heavy atom. The van der Waals surface area contributed by atoms with Crippen molar-refractivity contribution in [2.45, 2.75) is 32.4 Å². The number of rotatable bonds is 5. The van der Waals surface area contributed by atoms with Gasteiger partial charge in [0.25, 0.3) is 5.56 Å². The minimum absolute atomic E-state index is 0.0456. The summed E-state index contributed by atoms with van der Waals surface area (Å²) in [5.74, 6) is -0.672.